The van der Waals surface area contributed by atoms with E-state index in [9.17, 15) is 4.79 Å². The van der Waals surface area contributed by atoms with Gasteiger partial charge in [0, 0.05) is 24.7 Å². The van der Waals surface area contributed by atoms with Crippen molar-refractivity contribution in [3.05, 3.63) is 89.0 Å². The lowest BCUT2D eigenvalue weighted by Gasteiger charge is -2.42. The molecule has 0 bridgehead atoms. The van der Waals surface area contributed by atoms with E-state index in [4.69, 9.17) is 14.2 Å². The van der Waals surface area contributed by atoms with Crippen LogP contribution >= 0.6 is 0 Å². The Balaban J connectivity index is 1.69. The van der Waals surface area contributed by atoms with Gasteiger partial charge in [0.25, 0.3) is 5.91 Å². The zero-order valence-corrected chi connectivity index (χ0v) is 20.9. The van der Waals surface area contributed by atoms with Gasteiger partial charge in [-0.25, -0.2) is 0 Å². The molecule has 1 N–H and O–H groups in total. The zero-order chi connectivity index (χ0) is 24.8. The normalized spacial score (nSPS) is 16.2. The molecular formula is C29H34N2O4. The van der Waals surface area contributed by atoms with Gasteiger partial charge in [0.1, 0.15) is 5.75 Å². The van der Waals surface area contributed by atoms with Gasteiger partial charge in [0.15, 0.2) is 11.5 Å². The molecule has 1 aliphatic heterocycles. The Labute approximate surface area is 207 Å². The fourth-order valence-electron chi connectivity index (χ4n) is 4.89. The van der Waals surface area contributed by atoms with Crippen molar-refractivity contribution in [2.45, 2.75) is 38.4 Å². The van der Waals surface area contributed by atoms with Crippen molar-refractivity contribution in [1.29, 1.82) is 0 Å². The molecule has 0 spiro atoms. The van der Waals surface area contributed by atoms with Gasteiger partial charge >= 0.3 is 0 Å². The molecule has 0 fully saturated rings. The molecule has 3 aromatic carbocycles. The van der Waals surface area contributed by atoms with E-state index in [-0.39, 0.29) is 18.0 Å². The molecule has 1 amide bonds. The van der Waals surface area contributed by atoms with Crippen LogP contribution in [0.4, 0.5) is 0 Å². The van der Waals surface area contributed by atoms with Gasteiger partial charge in [-0.05, 0) is 65.9 Å². The summed E-state index contributed by atoms with van der Waals surface area (Å²) in [5.74, 6) is 2.07. The highest BCUT2D eigenvalue weighted by molar-refractivity contribution is 5.94. The summed E-state index contributed by atoms with van der Waals surface area (Å²) >= 11 is 0. The Morgan fingerprint density at radius 2 is 1.66 bits per heavy atom. The van der Waals surface area contributed by atoms with Crippen molar-refractivity contribution in [2.24, 2.45) is 0 Å². The second-order valence-corrected chi connectivity index (χ2v) is 8.77. The van der Waals surface area contributed by atoms with E-state index in [2.05, 4.69) is 53.5 Å². The van der Waals surface area contributed by atoms with Gasteiger partial charge in [-0.2, -0.15) is 0 Å². The van der Waals surface area contributed by atoms with Crippen LogP contribution in [-0.4, -0.2) is 44.7 Å². The second kappa shape index (κ2) is 11.3. The van der Waals surface area contributed by atoms with E-state index in [1.807, 2.05) is 18.2 Å². The number of nitrogens with zero attached hydrogens (tertiary/aromatic N) is 1. The lowest BCUT2D eigenvalue weighted by molar-refractivity contribution is 0.0859. The Bertz CT molecular complexity index is 1130. The number of methoxy groups -OCH3 is 3. The number of carbonyl (C=O) groups excluding carboxylic acids is 1. The van der Waals surface area contributed by atoms with Crippen LogP contribution in [0.2, 0.25) is 0 Å². The van der Waals surface area contributed by atoms with Gasteiger partial charge in [0.05, 0.1) is 27.4 Å². The zero-order valence-electron chi connectivity index (χ0n) is 20.9. The van der Waals surface area contributed by atoms with Crippen LogP contribution in [-0.2, 0) is 13.0 Å². The van der Waals surface area contributed by atoms with Crippen molar-refractivity contribution < 1.29 is 19.0 Å². The third-order valence-electron chi connectivity index (χ3n) is 6.74. The molecule has 0 saturated carbocycles. The summed E-state index contributed by atoms with van der Waals surface area (Å²) in [4.78, 5) is 15.7. The van der Waals surface area contributed by atoms with Crippen molar-refractivity contribution in [2.75, 3.05) is 27.9 Å². The van der Waals surface area contributed by atoms with Gasteiger partial charge in [0.2, 0.25) is 0 Å². The Kier molecular flexibility index (Phi) is 7.93. The molecule has 0 radical (unpaired) electrons. The van der Waals surface area contributed by atoms with E-state index in [1.54, 1.807) is 33.5 Å². The lowest BCUT2D eigenvalue weighted by Crippen LogP contribution is -2.48. The van der Waals surface area contributed by atoms with Gasteiger partial charge < -0.3 is 19.5 Å². The van der Waals surface area contributed by atoms with Gasteiger partial charge in [-0.15, -0.1) is 0 Å². The highest BCUT2D eigenvalue weighted by Gasteiger charge is 2.35. The van der Waals surface area contributed by atoms with Gasteiger partial charge in [-0.3, -0.25) is 9.69 Å². The smallest absolute Gasteiger partial charge is 0.251 e. The number of nitrogens with one attached hydrogen (secondary N) is 1. The standard InChI is InChI=1S/C29H34N2O4/c1-5-25(30-29(32)21-11-13-23(33-2)14-12-21)28-24-18-27(35-4)26(34-3)17-22(24)15-16-31(28)19-20-9-7-6-8-10-20/h6-14,17-18,25,28H,5,15-16,19H2,1-4H3,(H,30,32). The predicted molar refractivity (Wildman–Crippen MR) is 137 cm³/mol. The molecule has 2 atom stereocenters. The van der Waals surface area contributed by atoms with Crippen LogP contribution in [0.15, 0.2) is 66.7 Å². The molecule has 4 rings (SSSR count). The summed E-state index contributed by atoms with van der Waals surface area (Å²) in [6, 6.07) is 21.8. The summed E-state index contributed by atoms with van der Waals surface area (Å²) in [7, 11) is 4.94. The Morgan fingerprint density at radius 3 is 2.29 bits per heavy atom. The first-order valence-corrected chi connectivity index (χ1v) is 12.1. The highest BCUT2D eigenvalue weighted by Crippen LogP contribution is 2.40. The molecule has 3 aromatic rings. The SMILES string of the molecule is CCC(NC(=O)c1ccc(OC)cc1)C1c2cc(OC)c(OC)cc2CCN1Cc1ccccc1. The maximum absolute atomic E-state index is 13.2. The monoisotopic (exact) mass is 474 g/mol. The third kappa shape index (κ3) is 5.43. The summed E-state index contributed by atoms with van der Waals surface area (Å²) < 4.78 is 16.5. The number of hydrogen-bond donors (Lipinski definition) is 1. The van der Waals surface area contributed by atoms with Crippen LogP contribution in [0.3, 0.4) is 0 Å². The molecular weight excluding hydrogens is 440 g/mol. The van der Waals surface area contributed by atoms with E-state index in [0.29, 0.717) is 11.3 Å². The first-order chi connectivity index (χ1) is 17.1. The number of hydrogen-bond acceptors (Lipinski definition) is 5. The predicted octanol–water partition coefficient (Wildman–Crippen LogP) is 5.02. The molecule has 6 nitrogen and oxygen atoms in total. The van der Waals surface area contributed by atoms with E-state index in [1.165, 1.54) is 16.7 Å². The third-order valence-corrected chi connectivity index (χ3v) is 6.74. The molecule has 0 saturated heterocycles. The number of benzene rings is 3. The molecule has 1 aliphatic rings. The molecule has 0 aromatic heterocycles. The molecule has 0 aliphatic carbocycles. The highest BCUT2D eigenvalue weighted by atomic mass is 16.5. The minimum absolute atomic E-state index is 0.00837. The number of carbonyl (C=O) groups is 1. The average Bonchev–Trinajstić information content (AvgIpc) is 2.91. The number of amides is 1. The van der Waals surface area contributed by atoms with Crippen molar-refractivity contribution in [1.82, 2.24) is 10.2 Å². The minimum Gasteiger partial charge on any atom is -0.497 e. The van der Waals surface area contributed by atoms with E-state index < -0.39 is 0 Å². The summed E-state index contributed by atoms with van der Waals surface area (Å²) in [5, 5.41) is 3.32. The molecule has 1 heterocycles. The van der Waals surface area contributed by atoms with E-state index in [0.717, 1.165) is 37.4 Å². The number of ether oxygens (including phenoxy) is 3. The van der Waals surface area contributed by atoms with Crippen LogP contribution in [0.1, 0.15) is 46.4 Å². The molecule has 2 unspecified atom stereocenters. The molecule has 35 heavy (non-hydrogen) atoms. The van der Waals surface area contributed by atoms with Crippen molar-refractivity contribution >= 4 is 5.91 Å². The van der Waals surface area contributed by atoms with Crippen molar-refractivity contribution in [3.8, 4) is 17.2 Å². The molecule has 184 valence electrons. The summed E-state index contributed by atoms with van der Waals surface area (Å²) in [6.45, 7) is 3.81. The summed E-state index contributed by atoms with van der Waals surface area (Å²) in [6.07, 6.45) is 1.69. The van der Waals surface area contributed by atoms with Crippen molar-refractivity contribution in [3.63, 3.8) is 0 Å². The van der Waals surface area contributed by atoms with E-state index >= 15 is 0 Å². The lowest BCUT2D eigenvalue weighted by atomic mass is 9.86. The Morgan fingerprint density at radius 1 is 0.971 bits per heavy atom. The average molecular weight is 475 g/mol. The van der Waals surface area contributed by atoms with Crippen LogP contribution < -0.4 is 19.5 Å². The Hall–Kier alpha value is -3.51. The quantitative estimate of drug-likeness (QED) is 0.472. The first-order valence-electron chi connectivity index (χ1n) is 12.1. The number of rotatable bonds is 9. The summed E-state index contributed by atoms with van der Waals surface area (Å²) in [5.41, 5.74) is 4.26. The van der Waals surface area contributed by atoms with Crippen LogP contribution in [0.5, 0.6) is 17.2 Å². The first kappa shape index (κ1) is 24.6. The number of fused-ring (bicyclic) bond motifs is 1. The van der Waals surface area contributed by atoms with Crippen LogP contribution in [0, 0.1) is 0 Å². The topological polar surface area (TPSA) is 60.0 Å². The second-order valence-electron chi connectivity index (χ2n) is 8.77. The largest absolute Gasteiger partial charge is 0.497 e. The fourth-order valence-corrected chi connectivity index (χ4v) is 4.89. The molecule has 6 heteroatoms. The van der Waals surface area contributed by atoms with Crippen LogP contribution in [0.25, 0.3) is 0 Å². The maximum atomic E-state index is 13.2. The fraction of sp³-hybridized carbons (Fsp3) is 0.345. The maximum Gasteiger partial charge on any atom is 0.251 e. The van der Waals surface area contributed by atoms with Gasteiger partial charge in [-0.1, -0.05) is 37.3 Å². The minimum atomic E-state index is -0.0922.